The van der Waals surface area contributed by atoms with E-state index in [2.05, 4.69) is 12.6 Å². The molecule has 2 aromatic carbocycles. The molecule has 0 heterocycles. The molecule has 0 aliphatic heterocycles. The Kier molecular flexibility index (Phi) is 4.42. The normalized spacial score (nSPS) is 10.1. The minimum Gasteiger partial charge on any atom is -0.457 e. The third-order valence-corrected chi connectivity index (χ3v) is 2.81. The minimum atomic E-state index is 0.107. The smallest absolute Gasteiger partial charge is 0.146 e. The van der Waals surface area contributed by atoms with Crippen LogP contribution in [0, 0.1) is 0 Å². The molecule has 0 unspecified atom stereocenters. The number of hydrogen-bond donors (Lipinski definition) is 1. The number of hydrogen-bond acceptors (Lipinski definition) is 3. The second-order valence-electron chi connectivity index (χ2n) is 3.94. The van der Waals surface area contributed by atoms with Crippen molar-refractivity contribution in [2.75, 3.05) is 5.75 Å². The Bertz CT molecular complexity index is 523. The Morgan fingerprint density at radius 2 is 1.72 bits per heavy atom. The van der Waals surface area contributed by atoms with E-state index in [-0.39, 0.29) is 11.5 Å². The summed E-state index contributed by atoms with van der Waals surface area (Å²) >= 11 is 3.97. The molecule has 0 aliphatic carbocycles. The molecule has 0 spiro atoms. The molecular weight excluding hydrogens is 244 g/mol. The second kappa shape index (κ2) is 6.26. The fourth-order valence-corrected chi connectivity index (χ4v) is 1.74. The summed E-state index contributed by atoms with van der Waals surface area (Å²) in [6.07, 6.45) is 0.398. The highest BCUT2D eigenvalue weighted by atomic mass is 32.1. The fraction of sp³-hybridized carbons (Fsp3) is 0.133. The van der Waals surface area contributed by atoms with Crippen molar-refractivity contribution in [1.29, 1.82) is 0 Å². The first-order valence-corrected chi connectivity index (χ1v) is 6.35. The van der Waals surface area contributed by atoms with Crippen LogP contribution in [0.25, 0.3) is 0 Å². The van der Waals surface area contributed by atoms with Gasteiger partial charge in [0.05, 0.1) is 0 Å². The lowest BCUT2D eigenvalue weighted by atomic mass is 10.1. The summed E-state index contributed by atoms with van der Waals surface area (Å²) in [5.41, 5.74) is 0.947. The van der Waals surface area contributed by atoms with E-state index in [1.54, 1.807) is 0 Å². The van der Waals surface area contributed by atoms with Crippen LogP contribution in [-0.2, 0) is 11.2 Å². The molecular formula is C15H14O2S. The van der Waals surface area contributed by atoms with Crippen molar-refractivity contribution in [3.05, 3.63) is 60.2 Å². The van der Waals surface area contributed by atoms with Gasteiger partial charge in [0, 0.05) is 12.2 Å². The average Bonchev–Trinajstić information content (AvgIpc) is 2.40. The molecule has 0 aliphatic rings. The lowest BCUT2D eigenvalue weighted by molar-refractivity contribution is -0.115. The van der Waals surface area contributed by atoms with Gasteiger partial charge in [0.25, 0.3) is 0 Å². The van der Waals surface area contributed by atoms with Crippen LogP contribution in [0.15, 0.2) is 54.6 Å². The van der Waals surface area contributed by atoms with Crippen molar-refractivity contribution < 1.29 is 9.53 Å². The van der Waals surface area contributed by atoms with Crippen LogP contribution < -0.4 is 4.74 Å². The van der Waals surface area contributed by atoms with Crippen LogP contribution >= 0.6 is 12.6 Å². The van der Waals surface area contributed by atoms with Gasteiger partial charge >= 0.3 is 0 Å². The Labute approximate surface area is 112 Å². The van der Waals surface area contributed by atoms with Crippen LogP contribution in [0.3, 0.4) is 0 Å². The SMILES string of the molecule is O=C(CS)Cc1cccc(Oc2ccccc2)c1. The quantitative estimate of drug-likeness (QED) is 0.830. The van der Waals surface area contributed by atoms with Crippen molar-refractivity contribution in [2.24, 2.45) is 0 Å². The Balaban J connectivity index is 2.10. The van der Waals surface area contributed by atoms with Gasteiger partial charge in [-0.15, -0.1) is 0 Å². The monoisotopic (exact) mass is 258 g/mol. The zero-order valence-corrected chi connectivity index (χ0v) is 10.8. The Morgan fingerprint density at radius 1 is 1.00 bits per heavy atom. The van der Waals surface area contributed by atoms with E-state index in [4.69, 9.17) is 4.74 Å². The molecule has 92 valence electrons. The highest BCUT2D eigenvalue weighted by Crippen LogP contribution is 2.22. The minimum absolute atomic E-state index is 0.107. The van der Waals surface area contributed by atoms with Crippen LogP contribution in [0.1, 0.15) is 5.56 Å². The summed E-state index contributed by atoms with van der Waals surface area (Å²) in [6.45, 7) is 0. The highest BCUT2D eigenvalue weighted by molar-refractivity contribution is 7.81. The molecule has 0 fully saturated rings. The molecule has 2 rings (SSSR count). The molecule has 0 saturated heterocycles. The van der Waals surface area contributed by atoms with E-state index < -0.39 is 0 Å². The number of Topliss-reactive ketones (excluding diaryl/α,β-unsaturated/α-hetero) is 1. The molecule has 0 aromatic heterocycles. The van der Waals surface area contributed by atoms with E-state index in [1.165, 1.54) is 0 Å². The molecule has 2 aromatic rings. The summed E-state index contributed by atoms with van der Waals surface area (Å²) in [6, 6.07) is 17.1. The molecule has 0 saturated carbocycles. The second-order valence-corrected chi connectivity index (χ2v) is 4.25. The van der Waals surface area contributed by atoms with Crippen molar-refractivity contribution in [3.8, 4) is 11.5 Å². The maximum Gasteiger partial charge on any atom is 0.146 e. The lowest BCUT2D eigenvalue weighted by Crippen LogP contribution is -2.03. The van der Waals surface area contributed by atoms with Crippen LogP contribution in [0.5, 0.6) is 11.5 Å². The Morgan fingerprint density at radius 3 is 2.44 bits per heavy atom. The Hall–Kier alpha value is -1.74. The average molecular weight is 258 g/mol. The molecule has 3 heteroatoms. The first-order valence-electron chi connectivity index (χ1n) is 5.72. The molecule has 0 bridgehead atoms. The van der Waals surface area contributed by atoms with Crippen LogP contribution in [0.2, 0.25) is 0 Å². The van der Waals surface area contributed by atoms with Crippen molar-refractivity contribution in [3.63, 3.8) is 0 Å². The molecule has 0 atom stereocenters. The molecule has 0 N–H and O–H groups in total. The summed E-state index contributed by atoms with van der Waals surface area (Å²) in [7, 11) is 0. The van der Waals surface area contributed by atoms with Gasteiger partial charge in [-0.25, -0.2) is 0 Å². The van der Waals surface area contributed by atoms with Crippen LogP contribution in [0.4, 0.5) is 0 Å². The van der Waals surface area contributed by atoms with Crippen molar-refractivity contribution >= 4 is 18.4 Å². The largest absolute Gasteiger partial charge is 0.457 e. The number of para-hydroxylation sites is 1. The highest BCUT2D eigenvalue weighted by Gasteiger charge is 2.03. The summed E-state index contributed by atoms with van der Waals surface area (Å²) in [5, 5.41) is 0. The fourth-order valence-electron chi connectivity index (χ4n) is 1.63. The molecule has 2 nitrogen and oxygen atoms in total. The lowest BCUT2D eigenvalue weighted by Gasteiger charge is -2.07. The third kappa shape index (κ3) is 3.64. The summed E-state index contributed by atoms with van der Waals surface area (Å²) < 4.78 is 5.70. The number of rotatable bonds is 5. The van der Waals surface area contributed by atoms with Gasteiger partial charge in [-0.05, 0) is 29.8 Å². The van der Waals surface area contributed by atoms with Gasteiger partial charge < -0.3 is 4.74 Å². The van der Waals surface area contributed by atoms with E-state index in [0.29, 0.717) is 6.42 Å². The standard InChI is InChI=1S/C15H14O2S/c16-13(11-18)9-12-5-4-8-15(10-12)17-14-6-2-1-3-7-14/h1-8,10,18H,9,11H2. The number of carbonyl (C=O) groups is 1. The van der Waals surface area contributed by atoms with E-state index >= 15 is 0 Å². The van der Waals surface area contributed by atoms with E-state index in [0.717, 1.165) is 17.1 Å². The number of ether oxygens (including phenoxy) is 1. The maximum atomic E-state index is 11.3. The zero-order valence-electron chi connectivity index (χ0n) is 9.87. The van der Waals surface area contributed by atoms with Crippen molar-refractivity contribution in [2.45, 2.75) is 6.42 Å². The summed E-state index contributed by atoms with van der Waals surface area (Å²) in [5.74, 6) is 1.90. The predicted molar refractivity (Wildman–Crippen MR) is 75.5 cm³/mol. The molecule has 0 amide bonds. The van der Waals surface area contributed by atoms with Gasteiger partial charge in [-0.3, -0.25) is 4.79 Å². The van der Waals surface area contributed by atoms with Gasteiger partial charge in [0.15, 0.2) is 0 Å². The van der Waals surface area contributed by atoms with Gasteiger partial charge in [0.2, 0.25) is 0 Å². The molecule has 0 radical (unpaired) electrons. The third-order valence-electron chi connectivity index (χ3n) is 2.46. The van der Waals surface area contributed by atoms with Crippen LogP contribution in [-0.4, -0.2) is 11.5 Å². The topological polar surface area (TPSA) is 26.3 Å². The van der Waals surface area contributed by atoms with E-state index in [1.807, 2.05) is 54.6 Å². The first kappa shape index (κ1) is 12.7. The maximum absolute atomic E-state index is 11.3. The number of benzene rings is 2. The summed E-state index contributed by atoms with van der Waals surface area (Å²) in [4.78, 5) is 11.3. The number of thiol groups is 1. The first-order chi connectivity index (χ1) is 8.78. The number of ketones is 1. The van der Waals surface area contributed by atoms with Gasteiger partial charge in [-0.2, -0.15) is 12.6 Å². The van der Waals surface area contributed by atoms with Gasteiger partial charge in [0.1, 0.15) is 17.3 Å². The molecule has 18 heavy (non-hydrogen) atoms. The predicted octanol–water partition coefficient (Wildman–Crippen LogP) is 3.52. The van der Waals surface area contributed by atoms with Gasteiger partial charge in [-0.1, -0.05) is 30.3 Å². The zero-order chi connectivity index (χ0) is 12.8. The van der Waals surface area contributed by atoms with E-state index in [9.17, 15) is 4.79 Å². The number of carbonyl (C=O) groups excluding carboxylic acids is 1. The van der Waals surface area contributed by atoms with Crippen molar-refractivity contribution in [1.82, 2.24) is 0 Å².